The molecule has 4 nitrogen and oxygen atoms in total. The van der Waals surface area contributed by atoms with Gasteiger partial charge in [-0.1, -0.05) is 34.6 Å². The van der Waals surface area contributed by atoms with Crippen LogP contribution >= 0.6 is 0 Å². The van der Waals surface area contributed by atoms with E-state index < -0.39 is 13.8 Å². The third kappa shape index (κ3) is 2.02. The van der Waals surface area contributed by atoms with Crippen LogP contribution in [-0.2, 0) is 4.79 Å². The molecule has 0 bridgehead atoms. The van der Waals surface area contributed by atoms with Gasteiger partial charge in [-0.3, -0.25) is 9.36 Å². The van der Waals surface area contributed by atoms with Gasteiger partial charge in [0, 0.05) is 7.05 Å². The Bertz CT molecular complexity index is 354. The predicted octanol–water partition coefficient (Wildman–Crippen LogP) is 3.44. The van der Waals surface area contributed by atoms with Crippen LogP contribution in [0.2, 0.25) is 18.1 Å². The van der Waals surface area contributed by atoms with Crippen molar-refractivity contribution in [3.8, 4) is 0 Å². The Morgan fingerprint density at radius 2 is 1.37 bits per heavy atom. The Hall–Kier alpha value is -0.843. The Morgan fingerprint density at radius 3 is 1.63 bits per heavy atom. The van der Waals surface area contributed by atoms with E-state index in [1.165, 1.54) is 0 Å². The zero-order chi connectivity index (χ0) is 14.8. The summed E-state index contributed by atoms with van der Waals surface area (Å²) in [5.41, 5.74) is -0.602. The average molecular weight is 284 g/mol. The minimum absolute atomic E-state index is 0.0576. The van der Waals surface area contributed by atoms with Gasteiger partial charge in [-0.25, -0.2) is 4.79 Å². The second kappa shape index (κ2) is 5.65. The van der Waals surface area contributed by atoms with E-state index in [0.717, 1.165) is 18.1 Å². The number of hydrogen-bond donors (Lipinski definition) is 0. The van der Waals surface area contributed by atoms with E-state index in [-0.39, 0.29) is 11.9 Å². The fourth-order valence-electron chi connectivity index (χ4n) is 3.44. The van der Waals surface area contributed by atoms with E-state index in [4.69, 9.17) is 0 Å². The number of likely N-dealkylation sites (N-methyl/N-ethyl adjacent to an activating group) is 1. The van der Waals surface area contributed by atoms with E-state index in [2.05, 4.69) is 20.8 Å². The standard InChI is InChI=1S/C14H28N2O2Si/c1-7-14(8-2)12(17)16(13(18)15(14)6)19(9-3,10-4)11-5/h7-11H2,1-6H3. The molecule has 110 valence electrons. The van der Waals surface area contributed by atoms with Crippen molar-refractivity contribution in [3.63, 3.8) is 0 Å². The van der Waals surface area contributed by atoms with Crippen LogP contribution in [0.4, 0.5) is 4.79 Å². The molecule has 1 fully saturated rings. The summed E-state index contributed by atoms with van der Waals surface area (Å²) in [6.07, 6.45) is 1.39. The smallest absolute Gasteiger partial charge is 0.313 e. The molecule has 1 aliphatic rings. The first-order valence-corrected chi connectivity index (χ1v) is 10.1. The number of imide groups is 1. The van der Waals surface area contributed by atoms with Crippen molar-refractivity contribution >= 4 is 20.2 Å². The van der Waals surface area contributed by atoms with Crippen molar-refractivity contribution in [2.45, 2.75) is 71.1 Å². The molecule has 1 heterocycles. The van der Waals surface area contributed by atoms with Crippen LogP contribution in [0.5, 0.6) is 0 Å². The van der Waals surface area contributed by atoms with Crippen molar-refractivity contribution in [2.24, 2.45) is 0 Å². The largest absolute Gasteiger partial charge is 0.319 e. The highest BCUT2D eigenvalue weighted by molar-refractivity contribution is 6.81. The Morgan fingerprint density at radius 1 is 0.947 bits per heavy atom. The first kappa shape index (κ1) is 16.2. The minimum Gasteiger partial charge on any atom is -0.313 e. The van der Waals surface area contributed by atoms with Crippen LogP contribution in [0.1, 0.15) is 47.5 Å². The number of urea groups is 1. The zero-order valence-corrected chi connectivity index (χ0v) is 14.2. The Kier molecular flexibility index (Phi) is 4.82. The van der Waals surface area contributed by atoms with Gasteiger partial charge in [0.1, 0.15) is 5.54 Å². The number of carbonyl (C=O) groups is 2. The third-order valence-electron chi connectivity index (χ3n) is 5.34. The first-order valence-electron chi connectivity index (χ1n) is 7.53. The molecule has 0 aromatic heterocycles. The van der Waals surface area contributed by atoms with Gasteiger partial charge in [0.05, 0.1) is 0 Å². The van der Waals surface area contributed by atoms with Crippen LogP contribution in [0.25, 0.3) is 0 Å². The highest BCUT2D eigenvalue weighted by atomic mass is 28.3. The van der Waals surface area contributed by atoms with E-state index in [1.807, 2.05) is 13.8 Å². The van der Waals surface area contributed by atoms with Crippen LogP contribution < -0.4 is 0 Å². The van der Waals surface area contributed by atoms with Gasteiger partial charge in [-0.15, -0.1) is 0 Å². The summed E-state index contributed by atoms with van der Waals surface area (Å²) in [6, 6.07) is 2.80. The number of carbonyl (C=O) groups excluding carboxylic acids is 2. The van der Waals surface area contributed by atoms with Gasteiger partial charge in [0.2, 0.25) is 5.91 Å². The predicted molar refractivity (Wildman–Crippen MR) is 80.5 cm³/mol. The zero-order valence-electron chi connectivity index (χ0n) is 13.2. The number of nitrogens with zero attached hydrogens (tertiary/aromatic N) is 2. The lowest BCUT2D eigenvalue weighted by Gasteiger charge is -2.36. The second-order valence-corrected chi connectivity index (χ2v) is 10.5. The average Bonchev–Trinajstić information content (AvgIpc) is 2.63. The molecule has 0 N–H and O–H groups in total. The summed E-state index contributed by atoms with van der Waals surface area (Å²) < 4.78 is 1.69. The molecule has 0 saturated carbocycles. The van der Waals surface area contributed by atoms with Gasteiger partial charge < -0.3 is 4.90 Å². The third-order valence-corrected chi connectivity index (χ3v) is 10.6. The fourth-order valence-corrected chi connectivity index (χ4v) is 7.08. The van der Waals surface area contributed by atoms with E-state index in [0.29, 0.717) is 12.8 Å². The lowest BCUT2D eigenvalue weighted by atomic mass is 9.92. The quantitative estimate of drug-likeness (QED) is 0.554. The van der Waals surface area contributed by atoms with Gasteiger partial charge in [0.25, 0.3) is 0 Å². The topological polar surface area (TPSA) is 40.6 Å². The summed E-state index contributed by atoms with van der Waals surface area (Å²) in [5.74, 6) is 0.0576. The number of hydrogen-bond acceptors (Lipinski definition) is 2. The highest BCUT2D eigenvalue weighted by Gasteiger charge is 2.58. The molecule has 19 heavy (non-hydrogen) atoms. The van der Waals surface area contributed by atoms with Crippen LogP contribution in [-0.4, -0.2) is 42.2 Å². The van der Waals surface area contributed by atoms with Crippen LogP contribution in [0.3, 0.4) is 0 Å². The molecule has 5 heteroatoms. The molecule has 0 aromatic carbocycles. The Labute approximate surface area is 118 Å². The monoisotopic (exact) mass is 284 g/mol. The maximum atomic E-state index is 12.9. The minimum atomic E-state index is -1.98. The highest BCUT2D eigenvalue weighted by Crippen LogP contribution is 2.38. The normalized spacial score (nSPS) is 19.5. The van der Waals surface area contributed by atoms with Crippen molar-refractivity contribution in [3.05, 3.63) is 0 Å². The van der Waals surface area contributed by atoms with Crippen molar-refractivity contribution in [1.29, 1.82) is 0 Å². The van der Waals surface area contributed by atoms with Gasteiger partial charge in [0.15, 0.2) is 8.24 Å². The number of amides is 3. The molecule has 1 saturated heterocycles. The van der Waals surface area contributed by atoms with Crippen molar-refractivity contribution in [2.75, 3.05) is 7.05 Å². The molecule has 0 atom stereocenters. The molecule has 0 spiro atoms. The first-order chi connectivity index (χ1) is 8.90. The molecular formula is C14H28N2O2Si. The van der Waals surface area contributed by atoms with Crippen molar-refractivity contribution < 1.29 is 9.59 Å². The van der Waals surface area contributed by atoms with Gasteiger partial charge in [-0.05, 0) is 31.0 Å². The molecule has 0 aromatic rings. The maximum absolute atomic E-state index is 12.9. The number of rotatable bonds is 6. The SMILES string of the molecule is CCC1(CC)C(=O)N([Si](CC)(CC)CC)C(=O)N1C. The van der Waals surface area contributed by atoms with E-state index in [9.17, 15) is 9.59 Å². The summed E-state index contributed by atoms with van der Waals surface area (Å²) in [7, 11) is -0.196. The molecular weight excluding hydrogens is 256 g/mol. The molecule has 1 aliphatic heterocycles. The van der Waals surface area contributed by atoms with Crippen LogP contribution in [0, 0.1) is 0 Å². The molecule has 0 aliphatic carbocycles. The molecule has 0 unspecified atom stereocenters. The summed E-state index contributed by atoms with van der Waals surface area (Å²) in [4.78, 5) is 27.3. The lowest BCUT2D eigenvalue weighted by Crippen LogP contribution is -2.56. The summed E-state index contributed by atoms with van der Waals surface area (Å²) in [5, 5.41) is 0. The molecule has 0 radical (unpaired) electrons. The van der Waals surface area contributed by atoms with Gasteiger partial charge >= 0.3 is 6.03 Å². The van der Waals surface area contributed by atoms with Crippen LogP contribution in [0.15, 0.2) is 0 Å². The fraction of sp³-hybridized carbons (Fsp3) is 0.857. The molecule has 3 amide bonds. The van der Waals surface area contributed by atoms with E-state index >= 15 is 0 Å². The van der Waals surface area contributed by atoms with Crippen molar-refractivity contribution in [1.82, 2.24) is 9.47 Å². The van der Waals surface area contributed by atoms with Gasteiger partial charge in [-0.2, -0.15) is 0 Å². The Balaban J connectivity index is 3.32. The summed E-state index contributed by atoms with van der Waals surface area (Å²) >= 11 is 0. The summed E-state index contributed by atoms with van der Waals surface area (Å²) in [6.45, 7) is 10.4. The second-order valence-electron chi connectivity index (χ2n) is 5.51. The lowest BCUT2D eigenvalue weighted by molar-refractivity contribution is -0.130. The molecule has 1 rings (SSSR count). The maximum Gasteiger partial charge on any atom is 0.319 e. The van der Waals surface area contributed by atoms with E-state index in [1.54, 1.807) is 16.5 Å².